The van der Waals surface area contributed by atoms with Crippen molar-refractivity contribution in [3.05, 3.63) is 64.9 Å². The number of esters is 1. The number of cyclic esters (lactones) is 1. The van der Waals surface area contributed by atoms with Crippen molar-refractivity contribution >= 4 is 17.9 Å². The zero-order valence-corrected chi connectivity index (χ0v) is 12.7. The maximum atomic E-state index is 12.0. The average Bonchev–Trinajstić information content (AvgIpc) is 3.09. The summed E-state index contributed by atoms with van der Waals surface area (Å²) in [6.07, 6.45) is 1.60. The summed E-state index contributed by atoms with van der Waals surface area (Å²) < 4.78 is 15.4. The van der Waals surface area contributed by atoms with Gasteiger partial charge in [-0.05, 0) is 42.8 Å². The van der Waals surface area contributed by atoms with Gasteiger partial charge in [0.2, 0.25) is 5.90 Å². The van der Waals surface area contributed by atoms with Crippen LogP contribution in [0.2, 0.25) is 0 Å². The second kappa shape index (κ2) is 5.50. The Bertz CT molecular complexity index is 900. The number of benzene rings is 2. The molecule has 0 aromatic heterocycles. The number of nitrogens with zero attached hydrogens (tertiary/aromatic N) is 1. The van der Waals surface area contributed by atoms with Crippen LogP contribution in [0, 0.1) is 6.92 Å². The van der Waals surface area contributed by atoms with Gasteiger partial charge >= 0.3 is 12.4 Å². The third kappa shape index (κ3) is 2.63. The van der Waals surface area contributed by atoms with Crippen molar-refractivity contribution in [2.45, 2.75) is 13.4 Å². The number of aryl methyl sites for hydroxylation is 1. The molecule has 0 aliphatic carbocycles. The van der Waals surface area contributed by atoms with E-state index in [1.165, 1.54) is 0 Å². The summed E-state index contributed by atoms with van der Waals surface area (Å²) in [6, 6.07) is 12.6. The number of aliphatic hydroxyl groups excluding tert-OH is 1. The molecule has 0 spiro atoms. The minimum Gasteiger partial charge on any atom is -0.428 e. The lowest BCUT2D eigenvalue weighted by molar-refractivity contribution is -0.133. The first-order valence-corrected chi connectivity index (χ1v) is 7.33. The van der Waals surface area contributed by atoms with E-state index in [9.17, 15) is 9.90 Å². The molecule has 1 N–H and O–H groups in total. The van der Waals surface area contributed by atoms with Crippen LogP contribution in [-0.2, 0) is 9.53 Å². The number of hydrogen-bond acceptors (Lipinski definition) is 6. The van der Waals surface area contributed by atoms with Crippen LogP contribution in [0.3, 0.4) is 0 Å². The third-order valence-corrected chi connectivity index (χ3v) is 3.61. The molecule has 24 heavy (non-hydrogen) atoms. The molecule has 2 aliphatic heterocycles. The Morgan fingerprint density at radius 3 is 2.79 bits per heavy atom. The molecule has 2 aromatic rings. The highest BCUT2D eigenvalue weighted by molar-refractivity contribution is 6.12. The summed E-state index contributed by atoms with van der Waals surface area (Å²) in [5.41, 5.74) is 2.69. The minimum absolute atomic E-state index is 0.200. The molecule has 6 nitrogen and oxygen atoms in total. The molecule has 2 aromatic carbocycles. The Morgan fingerprint density at radius 1 is 1.12 bits per heavy atom. The van der Waals surface area contributed by atoms with Crippen molar-refractivity contribution in [3.63, 3.8) is 0 Å². The summed E-state index contributed by atoms with van der Waals surface area (Å²) in [7, 11) is 0. The Balaban J connectivity index is 1.65. The fourth-order valence-electron chi connectivity index (χ4n) is 2.51. The monoisotopic (exact) mass is 323 g/mol. The zero-order valence-electron chi connectivity index (χ0n) is 12.7. The second-order valence-corrected chi connectivity index (χ2v) is 5.45. The number of hydrogen-bond donors (Lipinski definition) is 1. The first-order chi connectivity index (χ1) is 11.6. The maximum absolute atomic E-state index is 12.0. The fourth-order valence-corrected chi connectivity index (χ4v) is 2.51. The van der Waals surface area contributed by atoms with Crippen molar-refractivity contribution in [1.29, 1.82) is 0 Å². The molecule has 2 aliphatic rings. The minimum atomic E-state index is -1.30. The van der Waals surface area contributed by atoms with Gasteiger partial charge in [-0.15, -0.1) is 0 Å². The molecule has 4 rings (SSSR count). The molecule has 1 atom stereocenters. The molecular weight excluding hydrogens is 310 g/mol. The van der Waals surface area contributed by atoms with Gasteiger partial charge in [0.25, 0.3) is 0 Å². The standard InChI is InChI=1S/C18H13NO5/c1-10-3-2-4-12(7-10)16-19-13(17(20)24-16)8-11-5-6-14-15(9-11)23-18(21)22-14/h2-9,18,21H,1H3/b13-8-/t18-/m1/s1. The highest BCUT2D eigenvalue weighted by atomic mass is 16.8. The van der Waals surface area contributed by atoms with E-state index in [4.69, 9.17) is 14.2 Å². The van der Waals surface area contributed by atoms with Crippen LogP contribution in [0.1, 0.15) is 16.7 Å². The molecule has 0 amide bonds. The lowest BCUT2D eigenvalue weighted by Crippen LogP contribution is -2.15. The van der Waals surface area contributed by atoms with Gasteiger partial charge in [-0.1, -0.05) is 23.8 Å². The van der Waals surface area contributed by atoms with E-state index < -0.39 is 12.4 Å². The Hall–Kier alpha value is -3.12. The number of aliphatic imine (C=N–C) groups is 1. The fraction of sp³-hybridized carbons (Fsp3) is 0.111. The first-order valence-electron chi connectivity index (χ1n) is 7.33. The maximum Gasteiger partial charge on any atom is 0.363 e. The van der Waals surface area contributed by atoms with Crippen LogP contribution in [-0.4, -0.2) is 23.4 Å². The van der Waals surface area contributed by atoms with E-state index >= 15 is 0 Å². The lowest BCUT2D eigenvalue weighted by atomic mass is 10.1. The number of aliphatic hydroxyl groups is 1. The molecule has 0 fully saturated rings. The third-order valence-electron chi connectivity index (χ3n) is 3.61. The molecule has 6 heteroatoms. The SMILES string of the molecule is Cc1cccc(C2=N/C(=C\c3ccc4c(c3)O[C@H](O)O4)C(=O)O2)c1. The zero-order chi connectivity index (χ0) is 16.7. The molecule has 0 radical (unpaired) electrons. The quantitative estimate of drug-likeness (QED) is 0.678. The first kappa shape index (κ1) is 14.5. The topological polar surface area (TPSA) is 77.4 Å². The highest BCUT2D eigenvalue weighted by Gasteiger charge is 2.25. The summed E-state index contributed by atoms with van der Waals surface area (Å²) in [6.45, 7) is 0.656. The van der Waals surface area contributed by atoms with E-state index in [0.717, 1.165) is 11.1 Å². The lowest BCUT2D eigenvalue weighted by Gasteiger charge is -1.99. The summed E-state index contributed by atoms with van der Waals surface area (Å²) >= 11 is 0. The number of ether oxygens (including phenoxy) is 3. The normalized spacial score (nSPS) is 20.2. The van der Waals surface area contributed by atoms with Crippen LogP contribution < -0.4 is 9.47 Å². The number of carbonyl (C=O) groups is 1. The summed E-state index contributed by atoms with van der Waals surface area (Å²) in [5, 5.41) is 9.30. The van der Waals surface area contributed by atoms with Crippen LogP contribution in [0.5, 0.6) is 11.5 Å². The molecule has 0 unspecified atom stereocenters. The van der Waals surface area contributed by atoms with Crippen molar-refractivity contribution in [2.75, 3.05) is 0 Å². The molecule has 0 saturated carbocycles. The number of carbonyl (C=O) groups excluding carboxylic acids is 1. The molecule has 2 heterocycles. The predicted octanol–water partition coefficient (Wildman–Crippen LogP) is 2.39. The van der Waals surface area contributed by atoms with Crippen molar-refractivity contribution in [1.82, 2.24) is 0 Å². The van der Waals surface area contributed by atoms with E-state index in [1.54, 1.807) is 24.3 Å². The molecule has 0 bridgehead atoms. The van der Waals surface area contributed by atoms with Crippen molar-refractivity contribution in [3.8, 4) is 11.5 Å². The highest BCUT2D eigenvalue weighted by Crippen LogP contribution is 2.35. The van der Waals surface area contributed by atoms with Gasteiger partial charge in [-0.3, -0.25) is 0 Å². The molecular formula is C18H13NO5. The molecule has 120 valence electrons. The van der Waals surface area contributed by atoms with Gasteiger partial charge in [-0.2, -0.15) is 0 Å². The van der Waals surface area contributed by atoms with E-state index in [1.807, 2.05) is 31.2 Å². The smallest absolute Gasteiger partial charge is 0.363 e. The summed E-state index contributed by atoms with van der Waals surface area (Å²) in [5.74, 6) is 0.629. The van der Waals surface area contributed by atoms with Gasteiger partial charge in [0.15, 0.2) is 17.2 Å². The van der Waals surface area contributed by atoms with Crippen LogP contribution >= 0.6 is 0 Å². The second-order valence-electron chi connectivity index (χ2n) is 5.45. The van der Waals surface area contributed by atoms with E-state index in [-0.39, 0.29) is 11.6 Å². The number of rotatable bonds is 2. The Labute approximate surface area is 137 Å². The average molecular weight is 323 g/mol. The van der Waals surface area contributed by atoms with Crippen molar-refractivity contribution in [2.24, 2.45) is 4.99 Å². The van der Waals surface area contributed by atoms with E-state index in [2.05, 4.69) is 4.99 Å². The van der Waals surface area contributed by atoms with Gasteiger partial charge in [0.05, 0.1) is 0 Å². The Morgan fingerprint density at radius 2 is 1.96 bits per heavy atom. The molecule has 0 saturated heterocycles. The van der Waals surface area contributed by atoms with Crippen LogP contribution in [0.15, 0.2) is 53.2 Å². The van der Waals surface area contributed by atoms with Gasteiger partial charge < -0.3 is 19.3 Å². The van der Waals surface area contributed by atoms with Crippen molar-refractivity contribution < 1.29 is 24.1 Å². The van der Waals surface area contributed by atoms with Gasteiger partial charge in [-0.25, -0.2) is 9.79 Å². The largest absolute Gasteiger partial charge is 0.428 e. The van der Waals surface area contributed by atoms with Gasteiger partial charge in [0.1, 0.15) is 0 Å². The van der Waals surface area contributed by atoms with Gasteiger partial charge in [0, 0.05) is 5.56 Å². The summed E-state index contributed by atoms with van der Waals surface area (Å²) in [4.78, 5) is 16.3. The predicted molar refractivity (Wildman–Crippen MR) is 85.5 cm³/mol. The Kier molecular flexibility index (Phi) is 3.32. The van der Waals surface area contributed by atoms with E-state index in [0.29, 0.717) is 17.1 Å². The van der Waals surface area contributed by atoms with Crippen LogP contribution in [0.4, 0.5) is 0 Å². The number of fused-ring (bicyclic) bond motifs is 1. The van der Waals surface area contributed by atoms with Crippen LogP contribution in [0.25, 0.3) is 6.08 Å².